The average molecular weight is 632 g/mol. The fourth-order valence-electron chi connectivity index (χ4n) is 4.50. The highest BCUT2D eigenvalue weighted by Crippen LogP contribution is 2.19. The molecule has 240 valence electrons. The van der Waals surface area contributed by atoms with E-state index in [1.807, 2.05) is 11.9 Å². The van der Waals surface area contributed by atoms with E-state index in [0.717, 1.165) is 5.69 Å². The van der Waals surface area contributed by atoms with Crippen LogP contribution in [0.4, 0.5) is 17.5 Å². The summed E-state index contributed by atoms with van der Waals surface area (Å²) in [5.74, 6) is -3.08. The highest BCUT2D eigenvalue weighted by molar-refractivity contribution is 5.97. The number of ether oxygens (including phenoxy) is 1. The number of rotatable bonds is 13. The molecule has 0 bridgehead atoms. The zero-order chi connectivity index (χ0) is 33.4. The van der Waals surface area contributed by atoms with Crippen molar-refractivity contribution in [3.05, 3.63) is 71.5 Å². The summed E-state index contributed by atoms with van der Waals surface area (Å²) in [6.45, 7) is 0.341. The molecule has 16 nitrogen and oxygen atoms in total. The number of nitrogens with one attached hydrogen (secondary N) is 2. The van der Waals surface area contributed by atoms with Crippen LogP contribution in [0.1, 0.15) is 34.5 Å². The van der Waals surface area contributed by atoms with E-state index in [-0.39, 0.29) is 48.0 Å². The van der Waals surface area contributed by atoms with E-state index in [1.165, 1.54) is 31.4 Å². The summed E-state index contributed by atoms with van der Waals surface area (Å²) >= 11 is 0. The minimum absolute atomic E-state index is 0.000397. The number of carboxylic acids is 1. The van der Waals surface area contributed by atoms with Crippen molar-refractivity contribution in [2.45, 2.75) is 37.9 Å². The van der Waals surface area contributed by atoms with Gasteiger partial charge in [-0.1, -0.05) is 12.1 Å². The molecular weight excluding hydrogens is 598 g/mol. The number of phenols is 1. The molecule has 0 aliphatic rings. The first kappa shape index (κ1) is 32.8. The molecule has 0 spiro atoms. The molecule has 0 unspecified atom stereocenters. The molecule has 0 saturated heterocycles. The van der Waals surface area contributed by atoms with Crippen LogP contribution in [-0.4, -0.2) is 80.1 Å². The molecule has 0 radical (unpaired) electrons. The van der Waals surface area contributed by atoms with Gasteiger partial charge in [-0.2, -0.15) is 9.97 Å². The lowest BCUT2D eigenvalue weighted by atomic mass is 10.0. The lowest BCUT2D eigenvalue weighted by Gasteiger charge is -2.20. The third-order valence-electron chi connectivity index (χ3n) is 6.93. The van der Waals surface area contributed by atoms with E-state index in [0.29, 0.717) is 23.3 Å². The number of carbonyl (C=O) groups excluding carboxylic acids is 3. The van der Waals surface area contributed by atoms with E-state index in [1.54, 1.807) is 30.5 Å². The van der Waals surface area contributed by atoms with Crippen molar-refractivity contribution in [3.63, 3.8) is 0 Å². The number of aliphatic carboxylic acids is 1. The second-order valence-electron chi connectivity index (χ2n) is 10.3. The second kappa shape index (κ2) is 14.6. The number of hydrogen-bond acceptors (Lipinski definition) is 13. The van der Waals surface area contributed by atoms with Crippen molar-refractivity contribution >= 4 is 52.4 Å². The quantitative estimate of drug-likeness (QED) is 0.112. The van der Waals surface area contributed by atoms with Gasteiger partial charge < -0.3 is 42.0 Å². The molecule has 16 heteroatoms. The second-order valence-corrected chi connectivity index (χ2v) is 10.3. The molecule has 4 aromatic rings. The molecule has 46 heavy (non-hydrogen) atoms. The van der Waals surface area contributed by atoms with Gasteiger partial charge in [0.2, 0.25) is 11.9 Å². The monoisotopic (exact) mass is 631 g/mol. The predicted octanol–water partition coefficient (Wildman–Crippen LogP) is 0.790. The molecule has 0 aliphatic carbocycles. The largest absolute Gasteiger partial charge is 0.508 e. The predicted molar refractivity (Wildman–Crippen MR) is 166 cm³/mol. The molecule has 2 aromatic heterocycles. The Kier molecular flexibility index (Phi) is 10.4. The minimum Gasteiger partial charge on any atom is -0.508 e. The van der Waals surface area contributed by atoms with Gasteiger partial charge in [-0.25, -0.2) is 19.6 Å². The van der Waals surface area contributed by atoms with E-state index < -0.39 is 35.8 Å². The third-order valence-corrected chi connectivity index (χ3v) is 6.93. The Labute approximate surface area is 262 Å². The van der Waals surface area contributed by atoms with Gasteiger partial charge in [0, 0.05) is 31.1 Å². The Morgan fingerprint density at radius 1 is 0.957 bits per heavy atom. The van der Waals surface area contributed by atoms with Crippen LogP contribution in [0.3, 0.4) is 0 Å². The van der Waals surface area contributed by atoms with Crippen LogP contribution in [0, 0.1) is 0 Å². The minimum atomic E-state index is -1.37. The Morgan fingerprint density at radius 2 is 1.65 bits per heavy atom. The molecule has 0 fully saturated rings. The summed E-state index contributed by atoms with van der Waals surface area (Å²) in [5, 5.41) is 24.1. The van der Waals surface area contributed by atoms with Gasteiger partial charge in [-0.05, 0) is 48.4 Å². The summed E-state index contributed by atoms with van der Waals surface area (Å²) in [6, 6.07) is 10.1. The van der Waals surface area contributed by atoms with Gasteiger partial charge in [0.25, 0.3) is 5.91 Å². The van der Waals surface area contributed by atoms with Crippen LogP contribution < -0.4 is 27.0 Å². The Morgan fingerprint density at radius 3 is 2.30 bits per heavy atom. The normalized spacial score (nSPS) is 12.1. The van der Waals surface area contributed by atoms with Crippen molar-refractivity contribution in [2.24, 2.45) is 0 Å². The van der Waals surface area contributed by atoms with Crippen LogP contribution in [0.5, 0.6) is 5.75 Å². The SMILES string of the molecule is COC(=O)[C@H](Cc1ccc(O)cc1)NC(=O)CC[C@H](NC(=O)c1ccc(N(C)Cc2cnc3nc(N)nc(N)c3n2)cc1)C(=O)O. The van der Waals surface area contributed by atoms with Gasteiger partial charge >= 0.3 is 11.9 Å². The summed E-state index contributed by atoms with van der Waals surface area (Å²) in [4.78, 5) is 68.1. The molecule has 4 rings (SSSR count). The number of nitrogens with two attached hydrogens (primary N) is 2. The number of anilines is 3. The van der Waals surface area contributed by atoms with Crippen molar-refractivity contribution in [3.8, 4) is 5.75 Å². The number of aromatic hydroxyl groups is 1. The first-order valence-electron chi connectivity index (χ1n) is 14.0. The van der Waals surface area contributed by atoms with Crippen molar-refractivity contribution < 1.29 is 34.1 Å². The Hall–Kier alpha value is -6.06. The van der Waals surface area contributed by atoms with Crippen LogP contribution in [0.2, 0.25) is 0 Å². The van der Waals surface area contributed by atoms with Gasteiger partial charge in [0.15, 0.2) is 17.0 Å². The van der Waals surface area contributed by atoms with E-state index in [2.05, 4.69) is 30.6 Å². The van der Waals surface area contributed by atoms with Crippen LogP contribution in [-0.2, 0) is 32.1 Å². The maximum Gasteiger partial charge on any atom is 0.328 e. The van der Waals surface area contributed by atoms with E-state index in [9.17, 15) is 29.4 Å². The first-order valence-corrected chi connectivity index (χ1v) is 14.0. The van der Waals surface area contributed by atoms with Crippen molar-refractivity contribution in [1.82, 2.24) is 30.6 Å². The Bertz CT molecular complexity index is 1730. The molecule has 2 heterocycles. The van der Waals surface area contributed by atoms with Crippen LogP contribution in [0.25, 0.3) is 11.2 Å². The fourth-order valence-corrected chi connectivity index (χ4v) is 4.50. The number of fused-ring (bicyclic) bond motifs is 1. The first-order chi connectivity index (χ1) is 21.9. The van der Waals surface area contributed by atoms with Gasteiger partial charge in [-0.15, -0.1) is 0 Å². The number of carbonyl (C=O) groups is 4. The fraction of sp³-hybridized carbons (Fsp3) is 0.267. The number of nitrogens with zero attached hydrogens (tertiary/aromatic N) is 5. The topological polar surface area (TPSA) is 249 Å². The number of aromatic nitrogens is 4. The lowest BCUT2D eigenvalue weighted by molar-refractivity contribution is -0.145. The van der Waals surface area contributed by atoms with Gasteiger partial charge in [0.05, 0.1) is 25.5 Å². The standard InChI is InChI=1S/C30H33N9O7/c1-39(15-18-14-33-26-24(34-18)25(31)37-30(32)38-26)19-7-5-17(6-8-19)27(42)36-21(28(43)44)11-12-23(41)35-22(29(45)46-2)13-16-3-9-20(40)10-4-16/h3-10,14,21-22,40H,11-13,15H2,1-2H3,(H,35,41)(H,36,42)(H,43,44)(H4,31,32,33,37,38)/t21-,22-/m0/s1. The van der Waals surface area contributed by atoms with Crippen LogP contribution >= 0.6 is 0 Å². The smallest absolute Gasteiger partial charge is 0.328 e. The highest BCUT2D eigenvalue weighted by atomic mass is 16.5. The van der Waals surface area contributed by atoms with Gasteiger partial charge in [-0.3, -0.25) is 9.59 Å². The zero-order valence-electron chi connectivity index (χ0n) is 25.0. The molecular formula is C30H33N9O7. The average Bonchev–Trinajstić information content (AvgIpc) is 3.03. The van der Waals surface area contributed by atoms with Crippen molar-refractivity contribution in [2.75, 3.05) is 30.5 Å². The third kappa shape index (κ3) is 8.52. The van der Waals surface area contributed by atoms with E-state index >= 15 is 0 Å². The Balaban J connectivity index is 1.32. The number of carboxylic acid groups (broad SMARTS) is 1. The van der Waals surface area contributed by atoms with Gasteiger partial charge in [0.1, 0.15) is 17.8 Å². The molecule has 8 N–H and O–H groups in total. The number of hydrogen-bond donors (Lipinski definition) is 6. The molecule has 2 amide bonds. The summed E-state index contributed by atoms with van der Waals surface area (Å²) in [7, 11) is 2.99. The number of nitrogen functional groups attached to an aromatic ring is 2. The highest BCUT2D eigenvalue weighted by Gasteiger charge is 2.25. The number of amides is 2. The summed E-state index contributed by atoms with van der Waals surface area (Å²) in [5.41, 5.74) is 14.3. The summed E-state index contributed by atoms with van der Waals surface area (Å²) in [6.07, 6.45) is 1.13. The molecule has 2 aromatic carbocycles. The number of esters is 1. The number of methoxy groups -OCH3 is 1. The van der Waals surface area contributed by atoms with E-state index in [4.69, 9.17) is 16.2 Å². The molecule has 2 atom stereocenters. The summed E-state index contributed by atoms with van der Waals surface area (Å²) < 4.78 is 4.77. The lowest BCUT2D eigenvalue weighted by Crippen LogP contribution is -2.45. The number of phenolic OH excluding ortho intramolecular Hbond substituents is 1. The van der Waals surface area contributed by atoms with Crippen LogP contribution in [0.15, 0.2) is 54.7 Å². The molecule has 0 saturated carbocycles. The maximum atomic E-state index is 12.9. The zero-order valence-corrected chi connectivity index (χ0v) is 25.0. The maximum absolute atomic E-state index is 12.9. The molecule has 0 aliphatic heterocycles. The number of benzene rings is 2. The van der Waals surface area contributed by atoms with Crippen molar-refractivity contribution in [1.29, 1.82) is 0 Å².